The number of fused-ring (bicyclic) bond motifs is 1. The van der Waals surface area contributed by atoms with Crippen molar-refractivity contribution in [1.82, 2.24) is 19.7 Å². The minimum absolute atomic E-state index is 0.196. The molecule has 0 amide bonds. The lowest BCUT2D eigenvalue weighted by molar-refractivity contribution is 0.182. The van der Waals surface area contributed by atoms with E-state index in [9.17, 15) is 9.18 Å². The van der Waals surface area contributed by atoms with Crippen LogP contribution in [-0.2, 0) is 4.74 Å². The smallest absolute Gasteiger partial charge is 0.267 e. The summed E-state index contributed by atoms with van der Waals surface area (Å²) in [7, 11) is 0. The number of nitrogens with zero attached hydrogens (tertiary/aromatic N) is 4. The fourth-order valence-corrected chi connectivity index (χ4v) is 2.86. The van der Waals surface area contributed by atoms with Crippen molar-refractivity contribution in [3.8, 4) is 0 Å². The zero-order valence-corrected chi connectivity index (χ0v) is 12.6. The lowest BCUT2D eigenvalue weighted by atomic mass is 10.1. The van der Waals surface area contributed by atoms with Crippen LogP contribution in [0.25, 0.3) is 10.9 Å². The molecule has 1 saturated heterocycles. The van der Waals surface area contributed by atoms with Gasteiger partial charge in [0.2, 0.25) is 0 Å². The number of anilines is 1. The van der Waals surface area contributed by atoms with Crippen LogP contribution in [0.1, 0.15) is 6.04 Å². The number of hydrogen-bond donors (Lipinski definition) is 1. The van der Waals surface area contributed by atoms with Crippen molar-refractivity contribution in [3.63, 3.8) is 0 Å². The van der Waals surface area contributed by atoms with Crippen LogP contribution in [0.5, 0.6) is 0 Å². The predicted octanol–water partition coefficient (Wildman–Crippen LogP) is 1.38. The lowest BCUT2D eigenvalue weighted by Gasteiger charge is -2.21. The molecule has 2 aromatic heterocycles. The molecule has 0 bridgehead atoms. The molecule has 1 aliphatic heterocycles. The van der Waals surface area contributed by atoms with Crippen LogP contribution in [0.2, 0.25) is 0 Å². The van der Waals surface area contributed by atoms with Crippen molar-refractivity contribution in [2.75, 3.05) is 18.5 Å². The molecule has 1 N–H and O–H groups in total. The highest BCUT2D eigenvalue weighted by Gasteiger charge is 2.31. The first kappa shape index (κ1) is 14.7. The maximum atomic E-state index is 13.6. The molecule has 1 aliphatic rings. The Hall–Kier alpha value is -2.87. The Morgan fingerprint density at radius 2 is 2.17 bits per heavy atom. The van der Waals surface area contributed by atoms with Gasteiger partial charge < -0.3 is 10.1 Å². The summed E-state index contributed by atoms with van der Waals surface area (Å²) in [5.74, 6) is 0.143. The SMILES string of the molecule is O=c1cccnn1C1COCC1Nc1ncnc2ccc(F)cc12. The number of hydrogen-bond acceptors (Lipinski definition) is 6. The molecule has 8 heteroatoms. The van der Waals surface area contributed by atoms with E-state index in [2.05, 4.69) is 20.4 Å². The fraction of sp³-hybridized carbons (Fsp3) is 0.250. The molecule has 3 aromatic rings. The summed E-state index contributed by atoms with van der Waals surface area (Å²) in [5.41, 5.74) is 0.442. The normalized spacial score (nSPS) is 20.4. The molecule has 24 heavy (non-hydrogen) atoms. The summed E-state index contributed by atoms with van der Waals surface area (Å²) < 4.78 is 20.5. The molecule has 7 nitrogen and oxygen atoms in total. The van der Waals surface area contributed by atoms with Gasteiger partial charge in [0.25, 0.3) is 5.56 Å². The highest BCUT2D eigenvalue weighted by atomic mass is 19.1. The Morgan fingerprint density at radius 3 is 3.04 bits per heavy atom. The summed E-state index contributed by atoms with van der Waals surface area (Å²) in [5, 5.41) is 7.94. The van der Waals surface area contributed by atoms with Crippen LogP contribution >= 0.6 is 0 Å². The minimum Gasteiger partial charge on any atom is -0.377 e. The lowest BCUT2D eigenvalue weighted by Crippen LogP contribution is -2.37. The summed E-state index contributed by atoms with van der Waals surface area (Å²) in [4.78, 5) is 20.3. The van der Waals surface area contributed by atoms with Crippen LogP contribution in [0.4, 0.5) is 10.2 Å². The predicted molar refractivity (Wildman–Crippen MR) is 85.3 cm³/mol. The van der Waals surface area contributed by atoms with Crippen molar-refractivity contribution >= 4 is 16.7 Å². The van der Waals surface area contributed by atoms with Crippen molar-refractivity contribution in [2.24, 2.45) is 0 Å². The largest absolute Gasteiger partial charge is 0.377 e. The number of nitrogens with one attached hydrogen (secondary N) is 1. The van der Waals surface area contributed by atoms with Gasteiger partial charge in [0.1, 0.15) is 24.0 Å². The molecular formula is C16H14FN5O2. The Morgan fingerprint density at radius 1 is 1.25 bits per heavy atom. The number of ether oxygens (including phenoxy) is 1. The van der Waals surface area contributed by atoms with Crippen LogP contribution in [0, 0.1) is 5.82 Å². The third-order valence-corrected chi connectivity index (χ3v) is 4.03. The number of halogens is 1. The van der Waals surface area contributed by atoms with E-state index in [-0.39, 0.29) is 23.5 Å². The second kappa shape index (κ2) is 5.97. The van der Waals surface area contributed by atoms with Crippen molar-refractivity contribution in [3.05, 3.63) is 59.0 Å². The second-order valence-electron chi connectivity index (χ2n) is 5.55. The van der Waals surface area contributed by atoms with Crippen molar-refractivity contribution < 1.29 is 9.13 Å². The maximum absolute atomic E-state index is 13.6. The molecule has 2 unspecified atom stereocenters. The maximum Gasteiger partial charge on any atom is 0.267 e. The Bertz CT molecular complexity index is 945. The van der Waals surface area contributed by atoms with E-state index in [1.54, 1.807) is 18.3 Å². The van der Waals surface area contributed by atoms with Gasteiger partial charge in [-0.05, 0) is 24.3 Å². The highest BCUT2D eigenvalue weighted by molar-refractivity contribution is 5.88. The van der Waals surface area contributed by atoms with Gasteiger partial charge in [-0.15, -0.1) is 0 Å². The van der Waals surface area contributed by atoms with E-state index >= 15 is 0 Å². The topological polar surface area (TPSA) is 81.9 Å². The van der Waals surface area contributed by atoms with Gasteiger partial charge in [0, 0.05) is 17.6 Å². The fourth-order valence-electron chi connectivity index (χ4n) is 2.86. The first-order chi connectivity index (χ1) is 11.7. The van der Waals surface area contributed by atoms with E-state index in [4.69, 9.17) is 4.74 Å². The van der Waals surface area contributed by atoms with Gasteiger partial charge in [0.05, 0.1) is 24.8 Å². The van der Waals surface area contributed by atoms with Gasteiger partial charge in [-0.2, -0.15) is 5.10 Å². The summed E-state index contributed by atoms with van der Waals surface area (Å²) >= 11 is 0. The average Bonchev–Trinajstić information content (AvgIpc) is 3.04. The molecule has 2 atom stereocenters. The number of rotatable bonds is 3. The van der Waals surface area contributed by atoms with Gasteiger partial charge in [-0.1, -0.05) is 0 Å². The highest BCUT2D eigenvalue weighted by Crippen LogP contribution is 2.25. The van der Waals surface area contributed by atoms with Gasteiger partial charge in [0.15, 0.2) is 0 Å². The first-order valence-corrected chi connectivity index (χ1v) is 7.51. The summed E-state index contributed by atoms with van der Waals surface area (Å²) in [6.45, 7) is 0.764. The molecule has 1 fully saturated rings. The molecule has 0 aliphatic carbocycles. The molecule has 3 heterocycles. The molecular weight excluding hydrogens is 313 g/mol. The zero-order valence-electron chi connectivity index (χ0n) is 12.6. The standard InChI is InChI=1S/C16H14FN5O2/c17-10-3-4-12-11(6-10)16(19-9-18-12)21-13-7-24-8-14(13)22-15(23)2-1-5-20-22/h1-6,9,13-14H,7-8H2,(H,18,19,21). The number of benzene rings is 1. The van der Waals surface area contributed by atoms with E-state index < -0.39 is 0 Å². The van der Waals surface area contributed by atoms with Gasteiger partial charge in [-0.25, -0.2) is 19.0 Å². The van der Waals surface area contributed by atoms with Crippen LogP contribution in [0.15, 0.2) is 47.7 Å². The molecule has 0 radical (unpaired) electrons. The Balaban J connectivity index is 1.69. The van der Waals surface area contributed by atoms with Crippen LogP contribution < -0.4 is 10.9 Å². The number of aromatic nitrogens is 4. The van der Waals surface area contributed by atoms with Crippen LogP contribution in [-0.4, -0.2) is 39.0 Å². The van der Waals surface area contributed by atoms with Gasteiger partial charge >= 0.3 is 0 Å². The van der Waals surface area contributed by atoms with Gasteiger partial charge in [-0.3, -0.25) is 4.79 Å². The summed E-state index contributed by atoms with van der Waals surface area (Å²) in [6.07, 6.45) is 2.98. The van der Waals surface area contributed by atoms with E-state index in [0.717, 1.165) is 0 Å². The van der Waals surface area contributed by atoms with E-state index in [1.165, 1.54) is 29.2 Å². The van der Waals surface area contributed by atoms with Crippen molar-refractivity contribution in [2.45, 2.75) is 12.1 Å². The quantitative estimate of drug-likeness (QED) is 0.782. The molecule has 0 saturated carbocycles. The second-order valence-corrected chi connectivity index (χ2v) is 5.55. The third-order valence-electron chi connectivity index (χ3n) is 4.03. The Kier molecular flexibility index (Phi) is 3.66. The zero-order chi connectivity index (χ0) is 16.5. The van der Waals surface area contributed by atoms with Crippen LogP contribution in [0.3, 0.4) is 0 Å². The average molecular weight is 327 g/mol. The first-order valence-electron chi connectivity index (χ1n) is 7.51. The molecule has 1 aromatic carbocycles. The minimum atomic E-state index is -0.361. The van der Waals surface area contributed by atoms with E-state index in [1.807, 2.05) is 0 Å². The molecule has 0 spiro atoms. The van der Waals surface area contributed by atoms with E-state index in [0.29, 0.717) is 29.9 Å². The molecule has 122 valence electrons. The molecule has 4 rings (SSSR count). The summed E-state index contributed by atoms with van der Waals surface area (Å²) in [6, 6.07) is 6.92. The Labute approximate surface area is 136 Å². The third kappa shape index (κ3) is 2.61. The van der Waals surface area contributed by atoms with Crippen molar-refractivity contribution in [1.29, 1.82) is 0 Å². The monoisotopic (exact) mass is 327 g/mol.